The van der Waals surface area contributed by atoms with Crippen molar-refractivity contribution in [1.29, 1.82) is 0 Å². The number of amides is 13. The Balaban J connectivity index is 1.64. The number of carbonyl (C=O) groups excluding carboxylic acids is 13. The first-order valence-corrected chi connectivity index (χ1v) is 37.8. The Morgan fingerprint density at radius 3 is 1.21 bits per heavy atom. The van der Waals surface area contributed by atoms with E-state index in [9.17, 15) is 108 Å². The summed E-state index contributed by atoms with van der Waals surface area (Å²) in [7, 11) is 0. The number of primary amides is 2. The Labute approximate surface area is 667 Å². The molecule has 26 N–H and O–H groups in total. The van der Waals surface area contributed by atoms with Gasteiger partial charge in [0.25, 0.3) is 0 Å². The van der Waals surface area contributed by atoms with Gasteiger partial charge in [-0.25, -0.2) is 0 Å². The van der Waals surface area contributed by atoms with Gasteiger partial charge in [-0.1, -0.05) is 30.3 Å². The molecule has 13 amide bonds. The number of nitrogens with one attached hydrogen (secondary N) is 11. The first kappa shape index (κ1) is 99.0. The molecule has 1 aromatic rings. The lowest BCUT2D eigenvalue weighted by molar-refractivity contribution is -0.358. The summed E-state index contributed by atoms with van der Waals surface area (Å²) in [5, 5.41) is 102. The standard InChI is InChI=1S/C71H115N15O30/c1-31(61(98)85-41(59(74)96)21-23-48(93)83-43(19-13-15-25-72)65(102)78-33(3)67(104)105)76-63(100)35(5)110-56-51(81-38(8)91)70(113-45(27-87)53(56)95)115-54-47(29-89)114-71(52(82-39(9)92)57(54)109-30-40-17-11-10-12-18-40)116-55-46(28-88)112-69(108)50(80-37(7)90)58(55)111-36(6)64(101)77-32(2)62(99)86-42(60(75)97)22-24-49(94)84-44(20-14-16-26-73)66(103)79-34(4)68(106)107/h10-12,17-18,31-36,41-47,50-58,69-71,87-89,95,108H,13-16,19-30,72-73H2,1-9H3,(H2,74,96)(H2,75,97)(H,76,100)(H,77,101)(H,78,102)(H,79,103)(H,80,90)(H,81,91)(H,82,92)(H,83,93)(H,84,94)(H,85,98)(H,86,99)(H,104,105)(H,106,107)/t31-,32-,33+,34+,35?,36?,41+,42+,43-,44-,45+,46+,47+,50+,51+,52+,53+,54+,55+,56+,57+,58+,69?,70-,71-/m0/s1. The van der Waals surface area contributed by atoms with E-state index in [1.54, 1.807) is 30.3 Å². The number of carbonyl (C=O) groups is 15. The molecule has 3 aliphatic heterocycles. The number of ether oxygens (including phenoxy) is 8. The normalized spacial score (nSPS) is 25.7. The summed E-state index contributed by atoms with van der Waals surface area (Å²) in [5.74, 6) is -14.7. The fourth-order valence-corrected chi connectivity index (χ4v) is 12.4. The Bertz CT molecular complexity index is 3470. The van der Waals surface area contributed by atoms with E-state index in [4.69, 9.17) is 60.8 Å². The molecule has 45 nitrogen and oxygen atoms in total. The highest BCUT2D eigenvalue weighted by molar-refractivity contribution is 5.95. The molecule has 3 unspecified atom stereocenters. The van der Waals surface area contributed by atoms with Crippen LogP contribution in [0.5, 0.6) is 0 Å². The zero-order valence-corrected chi connectivity index (χ0v) is 66.0. The van der Waals surface area contributed by atoms with E-state index in [1.807, 2.05) is 0 Å². The third-order valence-corrected chi connectivity index (χ3v) is 18.8. The summed E-state index contributed by atoms with van der Waals surface area (Å²) in [5.41, 5.74) is 22.9. The molecule has 116 heavy (non-hydrogen) atoms. The molecule has 3 fully saturated rings. The maximum atomic E-state index is 14.2. The topological polar surface area (TPSA) is 708 Å². The SMILES string of the molecule is CC(=O)N[C@H]1[C@H](O[C@H]2[C@H](OC(C)C(=O)N[C@@H](C)C(=O)N[C@H](CCC(=O)N[C@@H](CCCCN)C(=O)N[C@H](C)C(=O)O)C(N)=O)[C@@H](NC(C)=O)C(O)O[C@@H]2CO)O[C@H](CO)[C@@H](O[C@@H]2O[C@H](CO)[C@@H](O)[C@H](OC(C)C(=O)N[C@@H](C)C(=O)N[C@H](CCC(=O)N[C@@H](CCCCN)C(=O)N[C@H](C)C(=O)O)C(N)=O)[C@H]2NC(C)=O)[C@@H]1OCc1ccccc1. The zero-order chi connectivity index (χ0) is 87.0. The monoisotopic (exact) mass is 1660 g/mol. The van der Waals surface area contributed by atoms with Gasteiger partial charge in [-0.3, -0.25) is 71.9 Å². The van der Waals surface area contributed by atoms with Gasteiger partial charge in [0, 0.05) is 33.6 Å². The largest absolute Gasteiger partial charge is 0.480 e. The van der Waals surface area contributed by atoms with Gasteiger partial charge in [-0.2, -0.15) is 0 Å². The summed E-state index contributed by atoms with van der Waals surface area (Å²) >= 11 is 0. The first-order valence-electron chi connectivity index (χ1n) is 37.8. The number of unbranched alkanes of at least 4 members (excludes halogenated alkanes) is 2. The lowest BCUT2D eigenvalue weighted by atomic mass is 9.93. The van der Waals surface area contributed by atoms with Crippen LogP contribution in [-0.4, -0.2) is 310 Å². The van der Waals surface area contributed by atoms with Crippen LogP contribution in [-0.2, 0) is 116 Å². The number of aliphatic hydroxyl groups excluding tert-OH is 5. The Hall–Kier alpha value is -9.33. The van der Waals surface area contributed by atoms with Gasteiger partial charge in [0.2, 0.25) is 76.8 Å². The summed E-state index contributed by atoms with van der Waals surface area (Å²) in [6.07, 6.45) is -25.2. The van der Waals surface area contributed by atoms with Crippen LogP contribution in [0.4, 0.5) is 0 Å². The molecule has 0 bridgehead atoms. The zero-order valence-electron chi connectivity index (χ0n) is 66.0. The molecule has 0 aliphatic carbocycles. The molecule has 1 aromatic carbocycles. The van der Waals surface area contributed by atoms with E-state index >= 15 is 0 Å². The number of hydrogen-bond acceptors (Lipinski definition) is 30. The molecule has 45 heteroatoms. The van der Waals surface area contributed by atoms with E-state index in [-0.39, 0.29) is 32.5 Å². The first-order chi connectivity index (χ1) is 54.7. The average molecular weight is 1660 g/mol. The molecule has 3 saturated heterocycles. The predicted octanol–water partition coefficient (Wildman–Crippen LogP) is -9.18. The molecule has 3 heterocycles. The van der Waals surface area contributed by atoms with Crippen molar-refractivity contribution in [3.05, 3.63) is 35.9 Å². The van der Waals surface area contributed by atoms with E-state index in [1.165, 1.54) is 41.5 Å². The van der Waals surface area contributed by atoms with Gasteiger partial charge in [0.05, 0.1) is 26.4 Å². The second-order valence-electron chi connectivity index (χ2n) is 28.2. The third-order valence-electron chi connectivity index (χ3n) is 18.8. The van der Waals surface area contributed by atoms with Crippen LogP contribution in [0.25, 0.3) is 0 Å². The highest BCUT2D eigenvalue weighted by Gasteiger charge is 2.57. The molecule has 4 rings (SSSR count). The molecular weight excluding hydrogens is 1540 g/mol. The van der Waals surface area contributed by atoms with Gasteiger partial charge >= 0.3 is 11.9 Å². The van der Waals surface area contributed by atoms with Crippen LogP contribution >= 0.6 is 0 Å². The number of rotatable bonds is 49. The van der Waals surface area contributed by atoms with Gasteiger partial charge in [0.1, 0.15) is 134 Å². The lowest BCUT2D eigenvalue weighted by Gasteiger charge is -2.51. The van der Waals surface area contributed by atoms with Crippen molar-refractivity contribution in [3.8, 4) is 0 Å². The smallest absolute Gasteiger partial charge is 0.325 e. The fraction of sp³-hybridized carbons (Fsp3) is 0.704. The van der Waals surface area contributed by atoms with Gasteiger partial charge < -0.3 is 155 Å². The summed E-state index contributed by atoms with van der Waals surface area (Å²) < 4.78 is 50.7. The number of aliphatic hydroxyl groups is 5. The second-order valence-corrected chi connectivity index (χ2v) is 28.2. The van der Waals surface area contributed by atoms with Crippen molar-refractivity contribution in [2.24, 2.45) is 22.9 Å². The van der Waals surface area contributed by atoms with Crippen molar-refractivity contribution >= 4 is 88.7 Å². The Morgan fingerprint density at radius 2 is 0.810 bits per heavy atom. The minimum atomic E-state index is -2.05. The van der Waals surface area contributed by atoms with E-state index in [0.717, 1.165) is 20.8 Å². The maximum Gasteiger partial charge on any atom is 0.325 e. The third kappa shape index (κ3) is 31.3. The van der Waals surface area contributed by atoms with Crippen molar-refractivity contribution in [1.82, 2.24) is 58.5 Å². The van der Waals surface area contributed by atoms with Crippen molar-refractivity contribution in [2.45, 2.75) is 286 Å². The summed E-state index contributed by atoms with van der Waals surface area (Å²) in [6.45, 7) is 7.47. The van der Waals surface area contributed by atoms with E-state index in [2.05, 4.69) is 58.5 Å². The van der Waals surface area contributed by atoms with Gasteiger partial charge in [0.15, 0.2) is 18.9 Å². The van der Waals surface area contributed by atoms with E-state index in [0.29, 0.717) is 31.2 Å². The molecule has 3 aliphatic rings. The van der Waals surface area contributed by atoms with Crippen molar-refractivity contribution in [3.63, 3.8) is 0 Å². The minimum absolute atomic E-state index is 0.0696. The van der Waals surface area contributed by atoms with Crippen LogP contribution in [0.2, 0.25) is 0 Å². The number of hydrogen-bond donors (Lipinski definition) is 22. The van der Waals surface area contributed by atoms with Gasteiger partial charge in [-0.05, 0) is 112 Å². The summed E-state index contributed by atoms with van der Waals surface area (Å²) in [6, 6.07) is -7.89. The number of aliphatic carboxylic acids is 2. The quantitative estimate of drug-likeness (QED) is 0.0269. The average Bonchev–Trinajstić information content (AvgIpc) is 0.754. The van der Waals surface area contributed by atoms with Gasteiger partial charge in [-0.15, -0.1) is 0 Å². The van der Waals surface area contributed by atoms with Crippen LogP contribution in [0.1, 0.15) is 132 Å². The molecule has 654 valence electrons. The van der Waals surface area contributed by atoms with Crippen LogP contribution < -0.4 is 81.4 Å². The predicted molar refractivity (Wildman–Crippen MR) is 398 cm³/mol. The second kappa shape index (κ2) is 49.0. The Kier molecular flexibility index (Phi) is 41.9. The number of carboxylic acids is 2. The van der Waals surface area contributed by atoms with Crippen LogP contribution in [0, 0.1) is 0 Å². The number of benzene rings is 1. The van der Waals surface area contributed by atoms with Crippen LogP contribution in [0.3, 0.4) is 0 Å². The lowest BCUT2D eigenvalue weighted by Crippen LogP contribution is -2.72. The number of carboxylic acid groups (broad SMARTS) is 2. The molecule has 0 spiro atoms. The molecule has 0 aromatic heterocycles. The maximum absolute atomic E-state index is 14.2. The van der Waals surface area contributed by atoms with Crippen molar-refractivity contribution in [2.75, 3.05) is 32.9 Å². The minimum Gasteiger partial charge on any atom is -0.480 e. The highest BCUT2D eigenvalue weighted by Crippen LogP contribution is 2.36. The summed E-state index contributed by atoms with van der Waals surface area (Å²) in [4.78, 5) is 195. The number of nitrogens with two attached hydrogens (primary N) is 4. The molecular formula is C71H115N15O30. The molecule has 25 atom stereocenters. The fourth-order valence-electron chi connectivity index (χ4n) is 12.4. The van der Waals surface area contributed by atoms with Crippen molar-refractivity contribution < 1.29 is 146 Å². The van der Waals surface area contributed by atoms with Crippen LogP contribution in [0.15, 0.2) is 30.3 Å². The Morgan fingerprint density at radius 1 is 0.431 bits per heavy atom. The van der Waals surface area contributed by atoms with E-state index < -0.39 is 287 Å². The highest BCUT2D eigenvalue weighted by atomic mass is 16.7. The molecule has 0 saturated carbocycles. The molecule has 0 radical (unpaired) electrons.